The van der Waals surface area contributed by atoms with Gasteiger partial charge in [0.15, 0.2) is 0 Å². The van der Waals surface area contributed by atoms with Crippen molar-refractivity contribution < 1.29 is 18.0 Å². The Labute approximate surface area is 230 Å². The Kier molecular flexibility index (Phi) is 6.40. The number of nitrogens with zero attached hydrogens (tertiary/aromatic N) is 5. The van der Waals surface area contributed by atoms with Crippen LogP contribution in [0, 0.1) is 5.41 Å². The van der Waals surface area contributed by atoms with Gasteiger partial charge in [0.1, 0.15) is 5.82 Å². The van der Waals surface area contributed by atoms with Crippen molar-refractivity contribution in [2.45, 2.75) is 11.4 Å². The summed E-state index contributed by atoms with van der Waals surface area (Å²) in [5.41, 5.74) is 1.50. The van der Waals surface area contributed by atoms with Crippen molar-refractivity contribution in [3.8, 4) is 0 Å². The van der Waals surface area contributed by atoms with E-state index in [0.717, 1.165) is 17.3 Å². The molecule has 6 rings (SSSR count). The van der Waals surface area contributed by atoms with Crippen LogP contribution < -0.4 is 15.1 Å². The third-order valence-corrected chi connectivity index (χ3v) is 9.65. The van der Waals surface area contributed by atoms with Crippen LogP contribution in [-0.2, 0) is 21.4 Å². The Balaban J connectivity index is 1.21. The predicted molar refractivity (Wildman–Crippen MR) is 150 cm³/mol. The highest BCUT2D eigenvalue weighted by Crippen LogP contribution is 2.43. The van der Waals surface area contributed by atoms with Gasteiger partial charge in [-0.25, -0.2) is 13.4 Å². The molecule has 0 saturated carbocycles. The lowest BCUT2D eigenvalue weighted by atomic mass is 9.74. The molecule has 2 amide bonds. The Morgan fingerprint density at radius 1 is 1.00 bits per heavy atom. The zero-order chi connectivity index (χ0) is 27.2. The molecule has 3 aliphatic heterocycles. The topological polar surface area (TPSA) is 116 Å². The van der Waals surface area contributed by atoms with Crippen molar-refractivity contribution in [2.75, 3.05) is 43.0 Å². The fraction of sp³-hybridized carbons (Fsp3) is 0.259. The van der Waals surface area contributed by atoms with E-state index in [1.54, 1.807) is 42.5 Å². The van der Waals surface area contributed by atoms with Gasteiger partial charge in [-0.1, -0.05) is 48.5 Å². The number of anilines is 2. The molecular formula is C27H26N6O4S2. The summed E-state index contributed by atoms with van der Waals surface area (Å²) in [6, 6.07) is 20.3. The molecule has 0 atom stereocenters. The Morgan fingerprint density at radius 2 is 1.67 bits per heavy atom. The fourth-order valence-corrected chi connectivity index (χ4v) is 7.42. The van der Waals surface area contributed by atoms with Gasteiger partial charge in [0.2, 0.25) is 16.0 Å². The third kappa shape index (κ3) is 5.02. The first kappa shape index (κ1) is 25.5. The Bertz CT molecular complexity index is 1570. The molecule has 39 heavy (non-hydrogen) atoms. The summed E-state index contributed by atoms with van der Waals surface area (Å²) in [4.78, 5) is 37.9. The number of sulfonamides is 1. The van der Waals surface area contributed by atoms with Gasteiger partial charge in [-0.15, -0.1) is 0 Å². The van der Waals surface area contributed by atoms with Crippen molar-refractivity contribution in [3.63, 3.8) is 0 Å². The number of rotatable bonds is 7. The van der Waals surface area contributed by atoms with Gasteiger partial charge >= 0.3 is 0 Å². The maximum absolute atomic E-state index is 12.9. The normalized spacial score (nSPS) is 19.6. The first-order valence-corrected chi connectivity index (χ1v) is 14.7. The largest absolute Gasteiger partial charge is 0.355 e. The number of carbonyl (C=O) groups is 2. The van der Waals surface area contributed by atoms with Crippen molar-refractivity contribution in [1.29, 1.82) is 0 Å². The molecule has 12 heteroatoms. The zero-order valence-corrected chi connectivity index (χ0v) is 22.8. The molecule has 3 aromatic rings. The number of aromatic nitrogens is 2. The number of carbonyl (C=O) groups excluding carboxylic acids is 2. The number of hydrogen-bond acceptors (Lipinski definition) is 9. The molecule has 1 aromatic heterocycles. The average Bonchev–Trinajstić information content (AvgIpc) is 3.19. The molecule has 3 fully saturated rings. The van der Waals surface area contributed by atoms with E-state index in [-0.39, 0.29) is 10.3 Å². The van der Waals surface area contributed by atoms with Crippen molar-refractivity contribution >= 4 is 50.8 Å². The summed E-state index contributed by atoms with van der Waals surface area (Å²) in [7, 11) is -1.57. The number of amides is 2. The lowest BCUT2D eigenvalue weighted by Gasteiger charge is -2.59. The van der Waals surface area contributed by atoms with Crippen LogP contribution in [0.4, 0.5) is 16.6 Å². The van der Waals surface area contributed by atoms with Crippen molar-refractivity contribution in [1.82, 2.24) is 19.6 Å². The molecule has 10 nitrogen and oxygen atoms in total. The van der Waals surface area contributed by atoms with Crippen LogP contribution in [0.3, 0.4) is 0 Å². The van der Waals surface area contributed by atoms with E-state index in [9.17, 15) is 18.0 Å². The minimum absolute atomic E-state index is 0.136. The van der Waals surface area contributed by atoms with E-state index in [1.807, 2.05) is 47.2 Å². The summed E-state index contributed by atoms with van der Waals surface area (Å²) in [5.74, 6) is 0.735. The van der Waals surface area contributed by atoms with Gasteiger partial charge in [-0.2, -0.15) is 9.29 Å². The summed E-state index contributed by atoms with van der Waals surface area (Å²) < 4.78 is 27.4. The van der Waals surface area contributed by atoms with Gasteiger partial charge in [0.05, 0.1) is 15.5 Å². The van der Waals surface area contributed by atoms with Gasteiger partial charge in [0, 0.05) is 51.3 Å². The van der Waals surface area contributed by atoms with Crippen LogP contribution in [0.1, 0.15) is 11.3 Å². The van der Waals surface area contributed by atoms with Gasteiger partial charge in [0.25, 0.3) is 11.1 Å². The standard InChI is InChI=1S/C27H26N6O4S2/c1-31(14-19-8-4-2-5-9-19)23-13-20(12-22-24(34)30-26(35)38-22)28-25(29-23)32-15-27(16-32)17-33(18-27)39(36,37)21-10-6-3-7-11-21/h2-13H,14-18H2,1H3,(H,30,34,35)/b22-12-. The molecule has 0 bridgehead atoms. The fourth-order valence-electron chi connectivity index (χ4n) is 5.06. The average molecular weight is 563 g/mol. The van der Waals surface area contributed by atoms with E-state index in [1.165, 1.54) is 4.31 Å². The molecule has 0 unspecified atom stereocenters. The third-order valence-electron chi connectivity index (χ3n) is 7.04. The predicted octanol–water partition coefficient (Wildman–Crippen LogP) is 2.95. The second kappa shape index (κ2) is 9.78. The highest BCUT2D eigenvalue weighted by atomic mass is 32.2. The molecule has 1 N–H and O–H groups in total. The first-order chi connectivity index (χ1) is 18.7. The molecule has 4 heterocycles. The minimum atomic E-state index is -3.51. The maximum atomic E-state index is 12.9. The van der Waals surface area contributed by atoms with Crippen molar-refractivity contribution in [3.05, 3.63) is 82.9 Å². The lowest BCUT2D eigenvalue weighted by molar-refractivity contribution is -0.115. The van der Waals surface area contributed by atoms with E-state index in [2.05, 4.69) is 10.3 Å². The number of hydrogen-bond donors (Lipinski definition) is 1. The van der Waals surface area contributed by atoms with Gasteiger partial charge in [-0.3, -0.25) is 14.9 Å². The number of nitrogens with one attached hydrogen (secondary N) is 1. The van der Waals surface area contributed by atoms with Crippen LogP contribution >= 0.6 is 11.8 Å². The molecule has 3 saturated heterocycles. The van der Waals surface area contributed by atoms with Crippen LogP contribution in [0.15, 0.2) is 76.5 Å². The Morgan fingerprint density at radius 3 is 2.31 bits per heavy atom. The smallest absolute Gasteiger partial charge is 0.290 e. The lowest BCUT2D eigenvalue weighted by Crippen LogP contribution is -2.73. The van der Waals surface area contributed by atoms with E-state index in [4.69, 9.17) is 4.98 Å². The molecule has 200 valence electrons. The second-order valence-corrected chi connectivity index (χ2v) is 13.0. The van der Waals surface area contributed by atoms with Crippen LogP contribution in [0.25, 0.3) is 6.08 Å². The minimum Gasteiger partial charge on any atom is -0.355 e. The van der Waals surface area contributed by atoms with E-state index >= 15 is 0 Å². The number of thioether (sulfide) groups is 1. The van der Waals surface area contributed by atoms with Gasteiger partial charge < -0.3 is 9.80 Å². The molecular weight excluding hydrogens is 536 g/mol. The maximum Gasteiger partial charge on any atom is 0.290 e. The zero-order valence-electron chi connectivity index (χ0n) is 21.1. The molecule has 3 aliphatic rings. The van der Waals surface area contributed by atoms with Crippen LogP contribution in [0.2, 0.25) is 0 Å². The SMILES string of the molecule is CN(Cc1ccccc1)c1cc(/C=C2\SC(=O)NC2=O)nc(N2CC3(C2)CN(S(=O)(=O)c2ccccc2)C3)n1. The van der Waals surface area contributed by atoms with Crippen LogP contribution in [0.5, 0.6) is 0 Å². The van der Waals surface area contributed by atoms with Gasteiger partial charge in [-0.05, 0) is 35.5 Å². The highest BCUT2D eigenvalue weighted by Gasteiger charge is 2.56. The molecule has 2 aromatic carbocycles. The van der Waals surface area contributed by atoms with E-state index < -0.39 is 21.2 Å². The Hall–Kier alpha value is -3.74. The number of benzene rings is 2. The summed E-state index contributed by atoms with van der Waals surface area (Å²) in [6.45, 7) is 2.78. The summed E-state index contributed by atoms with van der Waals surface area (Å²) in [5, 5.41) is 1.86. The summed E-state index contributed by atoms with van der Waals surface area (Å²) >= 11 is 0.844. The second-order valence-electron chi connectivity index (χ2n) is 10.1. The molecule has 0 aliphatic carbocycles. The number of imide groups is 1. The monoisotopic (exact) mass is 562 g/mol. The first-order valence-electron chi connectivity index (χ1n) is 12.4. The van der Waals surface area contributed by atoms with Crippen molar-refractivity contribution in [2.24, 2.45) is 5.41 Å². The molecule has 0 radical (unpaired) electrons. The summed E-state index contributed by atoms with van der Waals surface area (Å²) in [6.07, 6.45) is 1.60. The van der Waals surface area contributed by atoms with Crippen LogP contribution in [-0.4, -0.2) is 67.1 Å². The highest BCUT2D eigenvalue weighted by molar-refractivity contribution is 8.18. The van der Waals surface area contributed by atoms with E-state index in [0.29, 0.717) is 55.1 Å². The quantitative estimate of drug-likeness (QED) is 0.434. The molecule has 1 spiro atoms.